The number of hydrogen-bond acceptors (Lipinski definition) is 3. The van der Waals surface area contributed by atoms with E-state index in [-0.39, 0.29) is 18.2 Å². The fraction of sp³-hybridized carbons (Fsp3) is 0.600. The average Bonchev–Trinajstić information content (AvgIpc) is 2.93. The molecule has 1 fully saturated rings. The normalized spacial score (nSPS) is 20.6. The molecular formula is C15H21F2NO2. The second-order valence-electron chi connectivity index (χ2n) is 5.15. The molecule has 112 valence electrons. The summed E-state index contributed by atoms with van der Waals surface area (Å²) < 4.78 is 32.4. The highest BCUT2D eigenvalue weighted by atomic mass is 19.2. The Bertz CT molecular complexity index is 436. The summed E-state index contributed by atoms with van der Waals surface area (Å²) >= 11 is 0. The number of hydrogen-bond donors (Lipinski definition) is 1. The van der Waals surface area contributed by atoms with Crippen LogP contribution in [0.5, 0.6) is 0 Å². The SMILES string of the molecule is CCN(CC1CCCO1)CC(O)c1cccc(F)c1F. The number of aliphatic hydroxyl groups excluding tert-OH is 1. The van der Waals surface area contributed by atoms with E-state index in [1.54, 1.807) is 0 Å². The van der Waals surface area contributed by atoms with E-state index < -0.39 is 17.7 Å². The molecule has 20 heavy (non-hydrogen) atoms. The van der Waals surface area contributed by atoms with Crippen LogP contribution < -0.4 is 0 Å². The summed E-state index contributed by atoms with van der Waals surface area (Å²) in [7, 11) is 0. The van der Waals surface area contributed by atoms with Crippen molar-refractivity contribution in [3.8, 4) is 0 Å². The van der Waals surface area contributed by atoms with Gasteiger partial charge in [-0.2, -0.15) is 0 Å². The second kappa shape index (κ2) is 7.11. The summed E-state index contributed by atoms with van der Waals surface area (Å²) in [4.78, 5) is 2.00. The third kappa shape index (κ3) is 3.75. The quantitative estimate of drug-likeness (QED) is 0.871. The third-order valence-corrected chi connectivity index (χ3v) is 3.70. The van der Waals surface area contributed by atoms with Crippen LogP contribution in [0.25, 0.3) is 0 Å². The smallest absolute Gasteiger partial charge is 0.164 e. The van der Waals surface area contributed by atoms with Crippen LogP contribution in [0.4, 0.5) is 8.78 Å². The number of rotatable bonds is 6. The minimum absolute atomic E-state index is 0.00999. The van der Waals surface area contributed by atoms with Crippen molar-refractivity contribution in [1.82, 2.24) is 4.90 Å². The van der Waals surface area contributed by atoms with Crippen molar-refractivity contribution in [2.75, 3.05) is 26.2 Å². The molecule has 1 heterocycles. The third-order valence-electron chi connectivity index (χ3n) is 3.70. The van der Waals surface area contributed by atoms with Gasteiger partial charge in [0.2, 0.25) is 0 Å². The van der Waals surface area contributed by atoms with Gasteiger partial charge in [-0.1, -0.05) is 19.1 Å². The molecule has 0 bridgehead atoms. The first-order valence-corrected chi connectivity index (χ1v) is 7.07. The number of aliphatic hydroxyl groups is 1. The topological polar surface area (TPSA) is 32.7 Å². The first-order valence-electron chi connectivity index (χ1n) is 7.07. The highest BCUT2D eigenvalue weighted by Gasteiger charge is 2.22. The molecule has 2 rings (SSSR count). The highest BCUT2D eigenvalue weighted by Crippen LogP contribution is 2.21. The van der Waals surface area contributed by atoms with Crippen LogP contribution in [0, 0.1) is 11.6 Å². The van der Waals surface area contributed by atoms with Crippen LogP contribution in [0.15, 0.2) is 18.2 Å². The van der Waals surface area contributed by atoms with Crippen molar-refractivity contribution in [3.05, 3.63) is 35.4 Å². The summed E-state index contributed by atoms with van der Waals surface area (Å²) in [5.41, 5.74) is 0.00999. The molecule has 0 aliphatic carbocycles. The second-order valence-corrected chi connectivity index (χ2v) is 5.15. The van der Waals surface area contributed by atoms with Gasteiger partial charge in [0.15, 0.2) is 11.6 Å². The minimum Gasteiger partial charge on any atom is -0.387 e. The zero-order chi connectivity index (χ0) is 14.5. The van der Waals surface area contributed by atoms with Crippen LogP contribution in [-0.4, -0.2) is 42.4 Å². The van der Waals surface area contributed by atoms with Crippen molar-refractivity contribution in [2.45, 2.75) is 32.0 Å². The van der Waals surface area contributed by atoms with Crippen molar-refractivity contribution < 1.29 is 18.6 Å². The largest absolute Gasteiger partial charge is 0.387 e. The van der Waals surface area contributed by atoms with E-state index >= 15 is 0 Å². The van der Waals surface area contributed by atoms with Crippen LogP contribution >= 0.6 is 0 Å². The standard InChI is InChI=1S/C15H21F2NO2/c1-2-18(9-11-5-4-8-20-11)10-14(19)12-6-3-7-13(16)15(12)17/h3,6-7,11,14,19H,2,4-5,8-10H2,1H3. The molecule has 2 atom stereocenters. The molecule has 3 nitrogen and oxygen atoms in total. The van der Waals surface area contributed by atoms with E-state index in [4.69, 9.17) is 4.74 Å². The number of nitrogens with zero attached hydrogens (tertiary/aromatic N) is 1. The van der Waals surface area contributed by atoms with Gasteiger partial charge in [-0.05, 0) is 25.5 Å². The van der Waals surface area contributed by atoms with Gasteiger partial charge in [-0.15, -0.1) is 0 Å². The van der Waals surface area contributed by atoms with Gasteiger partial charge >= 0.3 is 0 Å². The van der Waals surface area contributed by atoms with Crippen molar-refractivity contribution in [3.63, 3.8) is 0 Å². The van der Waals surface area contributed by atoms with E-state index in [9.17, 15) is 13.9 Å². The van der Waals surface area contributed by atoms with Gasteiger partial charge in [-0.3, -0.25) is 4.90 Å². The van der Waals surface area contributed by atoms with Gasteiger partial charge < -0.3 is 9.84 Å². The molecular weight excluding hydrogens is 264 g/mol. The molecule has 0 radical (unpaired) electrons. The molecule has 1 saturated heterocycles. The summed E-state index contributed by atoms with van der Waals surface area (Å²) in [5, 5.41) is 10.1. The molecule has 0 spiro atoms. The molecule has 5 heteroatoms. The van der Waals surface area contributed by atoms with Crippen molar-refractivity contribution in [2.24, 2.45) is 0 Å². The first kappa shape index (κ1) is 15.4. The average molecular weight is 285 g/mol. The summed E-state index contributed by atoms with van der Waals surface area (Å²) in [6.07, 6.45) is 1.22. The van der Waals surface area contributed by atoms with E-state index in [1.807, 2.05) is 11.8 Å². The lowest BCUT2D eigenvalue weighted by atomic mass is 10.1. The van der Waals surface area contributed by atoms with Crippen LogP contribution in [0.1, 0.15) is 31.4 Å². The molecule has 2 unspecified atom stereocenters. The zero-order valence-electron chi connectivity index (χ0n) is 11.7. The predicted octanol–water partition coefficient (Wildman–Crippen LogP) is 2.50. The van der Waals surface area contributed by atoms with E-state index in [0.717, 1.165) is 32.1 Å². The number of benzene rings is 1. The van der Waals surface area contributed by atoms with Crippen LogP contribution in [-0.2, 0) is 4.74 Å². The molecule has 0 saturated carbocycles. The number of halogens is 2. The Morgan fingerprint density at radius 1 is 1.45 bits per heavy atom. The van der Waals surface area contributed by atoms with E-state index in [1.165, 1.54) is 12.1 Å². The molecule has 1 aliphatic heterocycles. The number of ether oxygens (including phenoxy) is 1. The Hall–Kier alpha value is -1.04. The van der Waals surface area contributed by atoms with Gasteiger partial charge in [0.1, 0.15) is 0 Å². The number of likely N-dealkylation sites (N-methyl/N-ethyl adjacent to an activating group) is 1. The first-order chi connectivity index (χ1) is 9.61. The summed E-state index contributed by atoms with van der Waals surface area (Å²) in [5.74, 6) is -1.89. The predicted molar refractivity (Wildman–Crippen MR) is 72.4 cm³/mol. The Labute approximate surface area is 118 Å². The summed E-state index contributed by atoms with van der Waals surface area (Å²) in [6.45, 7) is 4.47. The summed E-state index contributed by atoms with van der Waals surface area (Å²) in [6, 6.07) is 3.88. The van der Waals surface area contributed by atoms with Crippen LogP contribution in [0.3, 0.4) is 0 Å². The van der Waals surface area contributed by atoms with E-state index in [2.05, 4.69) is 0 Å². The lowest BCUT2D eigenvalue weighted by Crippen LogP contribution is -2.35. The van der Waals surface area contributed by atoms with Crippen molar-refractivity contribution >= 4 is 0 Å². The molecule has 1 aromatic carbocycles. The van der Waals surface area contributed by atoms with Gasteiger partial charge in [-0.25, -0.2) is 8.78 Å². The zero-order valence-corrected chi connectivity index (χ0v) is 11.7. The molecule has 1 aliphatic rings. The Morgan fingerprint density at radius 2 is 2.25 bits per heavy atom. The van der Waals surface area contributed by atoms with Crippen molar-refractivity contribution in [1.29, 1.82) is 0 Å². The molecule has 1 aromatic rings. The fourth-order valence-electron chi connectivity index (χ4n) is 2.53. The maximum atomic E-state index is 13.6. The molecule has 1 N–H and O–H groups in total. The maximum Gasteiger partial charge on any atom is 0.164 e. The van der Waals surface area contributed by atoms with E-state index in [0.29, 0.717) is 6.54 Å². The Kier molecular flexibility index (Phi) is 5.46. The Morgan fingerprint density at radius 3 is 2.90 bits per heavy atom. The minimum atomic E-state index is -1.04. The highest BCUT2D eigenvalue weighted by molar-refractivity contribution is 5.21. The fourth-order valence-corrected chi connectivity index (χ4v) is 2.53. The lowest BCUT2D eigenvalue weighted by Gasteiger charge is -2.26. The van der Waals surface area contributed by atoms with Gasteiger partial charge in [0.25, 0.3) is 0 Å². The van der Waals surface area contributed by atoms with Gasteiger partial charge in [0.05, 0.1) is 12.2 Å². The maximum absolute atomic E-state index is 13.6. The molecule has 0 aromatic heterocycles. The lowest BCUT2D eigenvalue weighted by molar-refractivity contribution is 0.0506. The monoisotopic (exact) mass is 285 g/mol. The van der Waals surface area contributed by atoms with Gasteiger partial charge in [0, 0.05) is 25.3 Å². The van der Waals surface area contributed by atoms with Crippen LogP contribution in [0.2, 0.25) is 0 Å². The molecule has 0 amide bonds. The Balaban J connectivity index is 1.97.